The van der Waals surface area contributed by atoms with Gasteiger partial charge in [0.2, 0.25) is 0 Å². The van der Waals surface area contributed by atoms with E-state index in [0.29, 0.717) is 10.8 Å². The lowest BCUT2D eigenvalue weighted by atomic mass is 10.1. The smallest absolute Gasteiger partial charge is 0.258 e. The Morgan fingerprint density at radius 1 is 1.06 bits per heavy atom. The van der Waals surface area contributed by atoms with Crippen molar-refractivity contribution in [2.75, 3.05) is 10.6 Å². The highest BCUT2D eigenvalue weighted by molar-refractivity contribution is 7.80. The Morgan fingerprint density at radius 3 is 2.58 bits per heavy atom. The fraction of sp³-hybridized carbons (Fsp3) is 0.0800. The van der Waals surface area contributed by atoms with Gasteiger partial charge in [0.05, 0.1) is 22.9 Å². The van der Waals surface area contributed by atoms with Crippen molar-refractivity contribution in [2.24, 2.45) is 0 Å². The summed E-state index contributed by atoms with van der Waals surface area (Å²) in [4.78, 5) is 12.4. The van der Waals surface area contributed by atoms with Crippen LogP contribution in [0, 0.1) is 17.1 Å². The first-order valence-electron chi connectivity index (χ1n) is 10.1. The van der Waals surface area contributed by atoms with Gasteiger partial charge in [0, 0.05) is 11.1 Å². The number of nitrogens with one attached hydrogen (secondary N) is 3. The molecule has 0 aliphatic heterocycles. The van der Waals surface area contributed by atoms with E-state index in [-0.39, 0.29) is 22.9 Å². The van der Waals surface area contributed by atoms with Gasteiger partial charge in [0.25, 0.3) is 5.91 Å². The summed E-state index contributed by atoms with van der Waals surface area (Å²) in [6.07, 6.45) is 0. The van der Waals surface area contributed by atoms with Crippen LogP contribution in [0.25, 0.3) is 11.0 Å². The van der Waals surface area contributed by atoms with E-state index >= 15 is 0 Å². The van der Waals surface area contributed by atoms with Gasteiger partial charge in [0.1, 0.15) is 23.2 Å². The molecule has 1 aromatic heterocycles. The minimum Gasteiger partial charge on any atom is -0.459 e. The summed E-state index contributed by atoms with van der Waals surface area (Å²) < 4.78 is 19.7. The van der Waals surface area contributed by atoms with Crippen molar-refractivity contribution in [3.05, 3.63) is 95.5 Å². The molecule has 0 saturated carbocycles. The predicted molar refractivity (Wildman–Crippen MR) is 129 cm³/mol. The maximum absolute atomic E-state index is 13.9. The number of carbonyl (C=O) groups excluding carboxylic acids is 1. The van der Waals surface area contributed by atoms with Crippen LogP contribution in [0.3, 0.4) is 0 Å². The van der Waals surface area contributed by atoms with Crippen molar-refractivity contribution in [1.82, 2.24) is 5.32 Å². The molecule has 4 rings (SSSR count). The zero-order chi connectivity index (χ0) is 23.4. The first kappa shape index (κ1) is 22.0. The molecule has 3 aromatic carbocycles. The average Bonchev–Trinajstić information content (AvgIpc) is 3.25. The number of benzene rings is 3. The van der Waals surface area contributed by atoms with Crippen LogP contribution in [0.4, 0.5) is 15.8 Å². The quantitative estimate of drug-likeness (QED) is 0.330. The Kier molecular flexibility index (Phi) is 6.33. The first-order valence-corrected chi connectivity index (χ1v) is 10.5. The first-order chi connectivity index (χ1) is 15.9. The molecule has 8 heteroatoms. The van der Waals surface area contributed by atoms with Crippen molar-refractivity contribution < 1.29 is 13.6 Å². The number of carbonyl (C=O) groups is 1. The number of rotatable bonds is 5. The molecule has 1 amide bonds. The molecule has 33 heavy (non-hydrogen) atoms. The normalized spacial score (nSPS) is 11.4. The van der Waals surface area contributed by atoms with Gasteiger partial charge in [-0.3, -0.25) is 4.79 Å². The second kappa shape index (κ2) is 9.51. The Bertz CT molecular complexity index is 1360. The summed E-state index contributed by atoms with van der Waals surface area (Å²) in [7, 11) is 0. The molecule has 0 spiro atoms. The van der Waals surface area contributed by atoms with Crippen LogP contribution in [-0.4, -0.2) is 11.0 Å². The molecule has 0 aliphatic rings. The van der Waals surface area contributed by atoms with Crippen LogP contribution >= 0.6 is 12.2 Å². The number of fused-ring (bicyclic) bond motifs is 1. The van der Waals surface area contributed by atoms with Crippen LogP contribution in [0.1, 0.15) is 34.6 Å². The Hall–Kier alpha value is -4.22. The van der Waals surface area contributed by atoms with Gasteiger partial charge in [0.15, 0.2) is 5.11 Å². The zero-order valence-electron chi connectivity index (χ0n) is 17.6. The lowest BCUT2D eigenvalue weighted by Gasteiger charge is -2.16. The van der Waals surface area contributed by atoms with Crippen LogP contribution in [-0.2, 0) is 0 Å². The third-order valence-corrected chi connectivity index (χ3v) is 5.20. The maximum atomic E-state index is 13.9. The van der Waals surface area contributed by atoms with Crippen LogP contribution in [0.2, 0.25) is 0 Å². The summed E-state index contributed by atoms with van der Waals surface area (Å²) in [6, 6.07) is 22.0. The van der Waals surface area contributed by atoms with Crippen LogP contribution in [0.5, 0.6) is 0 Å². The number of nitriles is 1. The molecular weight excluding hydrogens is 439 g/mol. The van der Waals surface area contributed by atoms with Gasteiger partial charge in [-0.05, 0) is 61.6 Å². The van der Waals surface area contributed by atoms with E-state index in [0.717, 1.165) is 16.7 Å². The number of thiocarbonyl (C=S) groups is 1. The fourth-order valence-corrected chi connectivity index (χ4v) is 3.60. The second-order valence-corrected chi connectivity index (χ2v) is 7.72. The number of halogens is 1. The summed E-state index contributed by atoms with van der Waals surface area (Å²) in [5.74, 6) is -0.534. The van der Waals surface area contributed by atoms with E-state index in [1.165, 1.54) is 18.2 Å². The molecule has 0 radical (unpaired) electrons. The largest absolute Gasteiger partial charge is 0.459 e. The topological polar surface area (TPSA) is 90.1 Å². The van der Waals surface area contributed by atoms with Gasteiger partial charge in [-0.2, -0.15) is 5.26 Å². The summed E-state index contributed by atoms with van der Waals surface area (Å²) >= 11 is 5.40. The van der Waals surface area contributed by atoms with Gasteiger partial charge in [-0.1, -0.05) is 30.3 Å². The van der Waals surface area contributed by atoms with Gasteiger partial charge >= 0.3 is 0 Å². The van der Waals surface area contributed by atoms with Crippen molar-refractivity contribution >= 4 is 45.6 Å². The van der Waals surface area contributed by atoms with E-state index in [9.17, 15) is 14.4 Å². The average molecular weight is 459 g/mol. The zero-order valence-corrected chi connectivity index (χ0v) is 18.4. The predicted octanol–water partition coefficient (Wildman–Crippen LogP) is 5.74. The number of nitrogens with zero attached hydrogens (tertiary/aromatic N) is 1. The molecule has 0 bridgehead atoms. The van der Waals surface area contributed by atoms with E-state index < -0.39 is 11.7 Å². The molecule has 3 N–H and O–H groups in total. The Labute approximate surface area is 195 Å². The highest BCUT2D eigenvalue weighted by atomic mass is 32.1. The van der Waals surface area contributed by atoms with E-state index in [2.05, 4.69) is 16.0 Å². The highest BCUT2D eigenvalue weighted by Crippen LogP contribution is 2.24. The van der Waals surface area contributed by atoms with Crippen molar-refractivity contribution in [3.63, 3.8) is 0 Å². The number of amides is 1. The highest BCUT2D eigenvalue weighted by Gasteiger charge is 2.15. The second-order valence-electron chi connectivity index (χ2n) is 7.31. The molecular formula is C25H19FN4O2S. The Balaban J connectivity index is 1.43. The number of hydrogen-bond donors (Lipinski definition) is 3. The lowest BCUT2D eigenvalue weighted by molar-refractivity contribution is 0.102. The molecule has 0 aliphatic carbocycles. The van der Waals surface area contributed by atoms with E-state index in [1.54, 1.807) is 24.3 Å². The number of furan rings is 1. The molecule has 0 saturated heterocycles. The summed E-state index contributed by atoms with van der Waals surface area (Å²) in [5.41, 5.74) is 1.73. The third kappa shape index (κ3) is 5.00. The Morgan fingerprint density at radius 2 is 1.82 bits per heavy atom. The summed E-state index contributed by atoms with van der Waals surface area (Å²) in [6.45, 7) is 1.92. The SMILES string of the molecule is CC(NC(=S)Nc1ccc(NC(=O)c2ccccc2F)c(C#N)c1)c1cc2ccccc2o1. The van der Waals surface area contributed by atoms with Crippen LogP contribution in [0.15, 0.2) is 77.2 Å². The minimum absolute atomic E-state index is 0.103. The lowest BCUT2D eigenvalue weighted by Crippen LogP contribution is -2.30. The summed E-state index contributed by atoms with van der Waals surface area (Å²) in [5, 5.41) is 19.6. The van der Waals surface area contributed by atoms with E-state index in [1.807, 2.05) is 43.3 Å². The molecule has 164 valence electrons. The number of hydrogen-bond acceptors (Lipinski definition) is 4. The van der Waals surface area contributed by atoms with Gasteiger partial charge in [-0.15, -0.1) is 0 Å². The van der Waals surface area contributed by atoms with Gasteiger partial charge in [-0.25, -0.2) is 4.39 Å². The van der Waals surface area contributed by atoms with Crippen LogP contribution < -0.4 is 16.0 Å². The molecule has 0 fully saturated rings. The molecule has 6 nitrogen and oxygen atoms in total. The fourth-order valence-electron chi connectivity index (χ4n) is 3.31. The number of para-hydroxylation sites is 1. The van der Waals surface area contributed by atoms with Crippen molar-refractivity contribution in [2.45, 2.75) is 13.0 Å². The van der Waals surface area contributed by atoms with Crippen molar-refractivity contribution in [3.8, 4) is 6.07 Å². The maximum Gasteiger partial charge on any atom is 0.258 e. The molecule has 1 heterocycles. The van der Waals surface area contributed by atoms with Gasteiger partial charge < -0.3 is 20.4 Å². The third-order valence-electron chi connectivity index (χ3n) is 4.98. The standard InChI is InChI=1S/C25H19FN4O2S/c1-15(23-13-16-6-2-5-9-22(16)32-23)28-25(33)29-18-10-11-21(17(12-18)14-27)30-24(31)19-7-3-4-8-20(19)26/h2-13,15H,1H3,(H,30,31)(H2,28,29,33). The molecule has 1 unspecified atom stereocenters. The molecule has 4 aromatic rings. The monoisotopic (exact) mass is 458 g/mol. The minimum atomic E-state index is -0.637. The number of anilines is 2. The van der Waals surface area contributed by atoms with Crippen molar-refractivity contribution in [1.29, 1.82) is 5.26 Å². The molecule has 1 atom stereocenters. The van der Waals surface area contributed by atoms with E-state index in [4.69, 9.17) is 16.6 Å².